The molecular formula is C17H17FN2OS2. The van der Waals surface area contributed by atoms with Crippen LogP contribution in [0, 0.1) is 5.82 Å². The number of aromatic nitrogens is 1. The van der Waals surface area contributed by atoms with E-state index in [0.29, 0.717) is 13.1 Å². The first-order valence-corrected chi connectivity index (χ1v) is 9.03. The molecule has 6 heteroatoms. The number of nitrogens with zero attached hydrogens (tertiary/aromatic N) is 1. The molecule has 0 fully saturated rings. The number of halogens is 1. The van der Waals surface area contributed by atoms with Crippen LogP contribution in [0.4, 0.5) is 4.39 Å². The maximum Gasteiger partial charge on any atom is 0.123 e. The van der Waals surface area contributed by atoms with E-state index in [1.807, 2.05) is 22.2 Å². The number of hydrogen-bond acceptors (Lipinski definition) is 5. The van der Waals surface area contributed by atoms with Gasteiger partial charge in [0, 0.05) is 24.0 Å². The molecule has 2 N–H and O–H groups in total. The minimum Gasteiger partial charge on any atom is -0.384 e. The highest BCUT2D eigenvalue weighted by Crippen LogP contribution is 2.25. The molecule has 0 saturated carbocycles. The van der Waals surface area contributed by atoms with Crippen LogP contribution < -0.4 is 5.32 Å². The van der Waals surface area contributed by atoms with Gasteiger partial charge in [0.25, 0.3) is 0 Å². The van der Waals surface area contributed by atoms with Gasteiger partial charge in [-0.05, 0) is 53.6 Å². The summed E-state index contributed by atoms with van der Waals surface area (Å²) >= 11 is 3.10. The highest BCUT2D eigenvalue weighted by Gasteiger charge is 2.22. The minimum atomic E-state index is -0.893. The molecule has 0 amide bonds. The quantitative estimate of drug-likeness (QED) is 0.707. The summed E-state index contributed by atoms with van der Waals surface area (Å²) in [6.45, 7) is 2.83. The summed E-state index contributed by atoms with van der Waals surface area (Å²) in [5.41, 5.74) is 1.85. The second-order valence-corrected chi connectivity index (χ2v) is 7.18. The Kier molecular flexibility index (Phi) is 4.87. The van der Waals surface area contributed by atoms with E-state index in [9.17, 15) is 9.50 Å². The van der Waals surface area contributed by atoms with E-state index in [2.05, 4.69) is 10.3 Å². The number of thiazole rings is 1. The van der Waals surface area contributed by atoms with Crippen LogP contribution in [0.15, 0.2) is 46.5 Å². The number of aliphatic hydroxyl groups is 1. The van der Waals surface area contributed by atoms with Crippen LogP contribution in [0.1, 0.15) is 18.2 Å². The second kappa shape index (κ2) is 6.88. The Morgan fingerprint density at radius 2 is 2.00 bits per heavy atom. The van der Waals surface area contributed by atoms with Crippen molar-refractivity contribution in [2.75, 3.05) is 6.54 Å². The average molecular weight is 348 g/mol. The molecule has 0 saturated heterocycles. The van der Waals surface area contributed by atoms with Crippen LogP contribution in [0.5, 0.6) is 0 Å². The standard InChI is InChI=1S/C17H17FN2OS2/c1-17(21,13-6-7-22-9-13)11-19-8-15-10-23-16(20-15)12-2-4-14(18)5-3-12/h2-7,9-10,19,21H,8,11H2,1H3. The molecule has 0 aliphatic heterocycles. The fourth-order valence-electron chi connectivity index (χ4n) is 2.22. The van der Waals surface area contributed by atoms with Gasteiger partial charge in [-0.1, -0.05) is 0 Å². The fraction of sp³-hybridized carbons (Fsp3) is 0.235. The smallest absolute Gasteiger partial charge is 0.123 e. The molecule has 3 aromatic rings. The number of benzene rings is 1. The zero-order valence-electron chi connectivity index (χ0n) is 12.6. The second-order valence-electron chi connectivity index (χ2n) is 5.54. The van der Waals surface area contributed by atoms with E-state index < -0.39 is 5.60 Å². The normalized spacial score (nSPS) is 13.9. The van der Waals surface area contributed by atoms with Crippen LogP contribution in [-0.2, 0) is 12.1 Å². The van der Waals surface area contributed by atoms with Crippen molar-refractivity contribution in [3.8, 4) is 10.6 Å². The van der Waals surface area contributed by atoms with Gasteiger partial charge >= 0.3 is 0 Å². The van der Waals surface area contributed by atoms with Gasteiger partial charge in [0.15, 0.2) is 0 Å². The van der Waals surface area contributed by atoms with Gasteiger partial charge in [-0.2, -0.15) is 11.3 Å². The van der Waals surface area contributed by atoms with E-state index in [1.54, 1.807) is 30.4 Å². The number of thiophene rings is 1. The zero-order valence-corrected chi connectivity index (χ0v) is 14.3. The molecule has 2 heterocycles. The third-order valence-corrected chi connectivity index (χ3v) is 5.18. The van der Waals surface area contributed by atoms with Gasteiger partial charge in [-0.3, -0.25) is 0 Å². The molecule has 23 heavy (non-hydrogen) atoms. The topological polar surface area (TPSA) is 45.1 Å². The van der Waals surface area contributed by atoms with Gasteiger partial charge in [0.2, 0.25) is 0 Å². The summed E-state index contributed by atoms with van der Waals surface area (Å²) in [7, 11) is 0. The Morgan fingerprint density at radius 1 is 1.22 bits per heavy atom. The minimum absolute atomic E-state index is 0.247. The lowest BCUT2D eigenvalue weighted by molar-refractivity contribution is 0.0570. The van der Waals surface area contributed by atoms with Crippen molar-refractivity contribution in [2.24, 2.45) is 0 Å². The van der Waals surface area contributed by atoms with Crippen LogP contribution in [0.25, 0.3) is 10.6 Å². The summed E-state index contributed by atoms with van der Waals surface area (Å²) < 4.78 is 13.0. The molecule has 0 aliphatic rings. The van der Waals surface area contributed by atoms with Crippen molar-refractivity contribution < 1.29 is 9.50 Å². The molecular weight excluding hydrogens is 331 g/mol. The molecule has 1 atom stereocenters. The van der Waals surface area contributed by atoms with Gasteiger partial charge < -0.3 is 10.4 Å². The van der Waals surface area contributed by atoms with Crippen molar-refractivity contribution >= 4 is 22.7 Å². The third-order valence-electron chi connectivity index (χ3n) is 3.56. The molecule has 3 rings (SSSR count). The monoisotopic (exact) mass is 348 g/mol. The largest absolute Gasteiger partial charge is 0.384 e. The molecule has 0 aliphatic carbocycles. The molecule has 0 bridgehead atoms. The summed E-state index contributed by atoms with van der Waals surface area (Å²) in [6, 6.07) is 8.26. The maximum atomic E-state index is 13.0. The molecule has 0 radical (unpaired) electrons. The highest BCUT2D eigenvalue weighted by atomic mass is 32.1. The van der Waals surface area contributed by atoms with E-state index in [-0.39, 0.29) is 5.82 Å². The summed E-state index contributed by atoms with van der Waals surface area (Å²) in [6.07, 6.45) is 0. The zero-order chi connectivity index (χ0) is 16.3. The van der Waals surface area contributed by atoms with Crippen molar-refractivity contribution in [2.45, 2.75) is 19.1 Å². The van der Waals surface area contributed by atoms with E-state index in [4.69, 9.17) is 0 Å². The summed E-state index contributed by atoms with van der Waals surface area (Å²) in [5, 5.41) is 20.5. The lowest BCUT2D eigenvalue weighted by Crippen LogP contribution is -2.34. The third kappa shape index (κ3) is 4.03. The highest BCUT2D eigenvalue weighted by molar-refractivity contribution is 7.13. The Bertz CT molecular complexity index is 751. The van der Waals surface area contributed by atoms with E-state index >= 15 is 0 Å². The number of nitrogens with one attached hydrogen (secondary N) is 1. The Morgan fingerprint density at radius 3 is 2.70 bits per heavy atom. The maximum absolute atomic E-state index is 13.0. The molecule has 0 spiro atoms. The molecule has 3 nitrogen and oxygen atoms in total. The summed E-state index contributed by atoms with van der Waals surface area (Å²) in [4.78, 5) is 4.55. The predicted molar refractivity (Wildman–Crippen MR) is 93.1 cm³/mol. The van der Waals surface area contributed by atoms with Crippen molar-refractivity contribution in [1.82, 2.24) is 10.3 Å². The lowest BCUT2D eigenvalue weighted by Gasteiger charge is -2.22. The van der Waals surface area contributed by atoms with Crippen LogP contribution >= 0.6 is 22.7 Å². The Hall–Kier alpha value is -1.60. The molecule has 120 valence electrons. The van der Waals surface area contributed by atoms with Crippen molar-refractivity contribution in [1.29, 1.82) is 0 Å². The SMILES string of the molecule is CC(O)(CNCc1csc(-c2ccc(F)cc2)n1)c1ccsc1. The van der Waals surface area contributed by atoms with Gasteiger partial charge in [0.1, 0.15) is 10.8 Å². The first-order valence-electron chi connectivity index (χ1n) is 7.21. The van der Waals surface area contributed by atoms with Gasteiger partial charge in [-0.25, -0.2) is 9.37 Å². The van der Waals surface area contributed by atoms with Crippen LogP contribution in [-0.4, -0.2) is 16.6 Å². The molecule has 1 aromatic carbocycles. The van der Waals surface area contributed by atoms with Crippen molar-refractivity contribution in [3.63, 3.8) is 0 Å². The Balaban J connectivity index is 1.58. The number of rotatable bonds is 6. The predicted octanol–water partition coefficient (Wildman–Crippen LogP) is 4.01. The van der Waals surface area contributed by atoms with Gasteiger partial charge in [-0.15, -0.1) is 11.3 Å². The fourth-order valence-corrected chi connectivity index (χ4v) is 3.83. The Labute approximate surface area is 142 Å². The average Bonchev–Trinajstić information content (AvgIpc) is 3.19. The van der Waals surface area contributed by atoms with Crippen LogP contribution in [0.2, 0.25) is 0 Å². The van der Waals surface area contributed by atoms with Crippen molar-refractivity contribution in [3.05, 3.63) is 63.5 Å². The number of hydrogen-bond donors (Lipinski definition) is 2. The first-order chi connectivity index (χ1) is 11.0. The van der Waals surface area contributed by atoms with E-state index in [0.717, 1.165) is 21.8 Å². The molecule has 1 unspecified atom stereocenters. The summed E-state index contributed by atoms with van der Waals surface area (Å²) in [5.74, 6) is -0.247. The van der Waals surface area contributed by atoms with E-state index in [1.165, 1.54) is 23.5 Å². The van der Waals surface area contributed by atoms with Crippen LogP contribution in [0.3, 0.4) is 0 Å². The molecule has 2 aromatic heterocycles. The first kappa shape index (κ1) is 16.3. The lowest BCUT2D eigenvalue weighted by atomic mass is 9.99. The van der Waals surface area contributed by atoms with Gasteiger partial charge in [0.05, 0.1) is 11.3 Å².